The minimum Gasteiger partial charge on any atom is -0.488 e. The molecule has 0 unspecified atom stereocenters. The van der Waals surface area contributed by atoms with Crippen molar-refractivity contribution < 1.29 is 14.6 Å². The molecule has 0 saturated heterocycles. The molecule has 3 rings (SSSR count). The zero-order valence-corrected chi connectivity index (χ0v) is 14.0. The topological polar surface area (TPSA) is 67.6 Å². The van der Waals surface area contributed by atoms with Gasteiger partial charge in [-0.05, 0) is 37.5 Å². The first-order valence-corrected chi connectivity index (χ1v) is 8.23. The van der Waals surface area contributed by atoms with Gasteiger partial charge < -0.3 is 14.7 Å². The van der Waals surface area contributed by atoms with E-state index in [1.807, 2.05) is 30.3 Å². The van der Waals surface area contributed by atoms with E-state index in [2.05, 4.69) is 5.10 Å². The minimum absolute atomic E-state index is 0.181. The van der Waals surface area contributed by atoms with Crippen LogP contribution in [0, 0.1) is 0 Å². The number of carbonyl (C=O) groups excluding carboxylic acids is 1. The lowest BCUT2D eigenvalue weighted by molar-refractivity contribution is -0.0414. The second-order valence-electron chi connectivity index (χ2n) is 6.25. The molecule has 0 spiro atoms. The van der Waals surface area contributed by atoms with Gasteiger partial charge in [-0.15, -0.1) is 0 Å². The second kappa shape index (κ2) is 7.05. The summed E-state index contributed by atoms with van der Waals surface area (Å²) in [5, 5.41) is 14.9. The van der Waals surface area contributed by atoms with E-state index >= 15 is 0 Å². The summed E-state index contributed by atoms with van der Waals surface area (Å²) in [6.07, 6.45) is 3.13. The third kappa shape index (κ3) is 3.43. The number of aryl methyl sites for hydroxylation is 1. The van der Waals surface area contributed by atoms with Crippen molar-refractivity contribution in [2.45, 2.75) is 37.5 Å². The molecule has 1 aromatic heterocycles. The number of rotatable bonds is 4. The lowest BCUT2D eigenvalue weighted by Crippen LogP contribution is -2.53. The van der Waals surface area contributed by atoms with Crippen LogP contribution >= 0.6 is 0 Å². The Morgan fingerprint density at radius 1 is 1.29 bits per heavy atom. The highest BCUT2D eigenvalue weighted by Gasteiger charge is 2.37. The fraction of sp³-hybridized carbons (Fsp3) is 0.444. The monoisotopic (exact) mass is 329 g/mol. The van der Waals surface area contributed by atoms with Gasteiger partial charge >= 0.3 is 0 Å². The second-order valence-corrected chi connectivity index (χ2v) is 6.25. The number of aliphatic hydroxyl groups excluding tert-OH is 1. The van der Waals surface area contributed by atoms with Crippen molar-refractivity contribution in [3.05, 3.63) is 48.3 Å². The molecule has 2 aromatic rings. The molecule has 1 aromatic carbocycles. The van der Waals surface area contributed by atoms with Gasteiger partial charge in [0.1, 0.15) is 23.7 Å². The average Bonchev–Trinajstić information content (AvgIpc) is 3.03. The fourth-order valence-electron chi connectivity index (χ4n) is 3.20. The molecule has 1 aliphatic rings. The van der Waals surface area contributed by atoms with E-state index in [-0.39, 0.29) is 18.1 Å². The number of likely N-dealkylation sites (N-methyl/N-ethyl adjacent to an activating group) is 1. The summed E-state index contributed by atoms with van der Waals surface area (Å²) >= 11 is 0. The van der Waals surface area contributed by atoms with Gasteiger partial charge in [0, 0.05) is 20.3 Å². The van der Waals surface area contributed by atoms with Gasteiger partial charge in [-0.2, -0.15) is 5.10 Å². The van der Waals surface area contributed by atoms with E-state index in [1.54, 1.807) is 35.9 Å². The van der Waals surface area contributed by atoms with Crippen LogP contribution in [0.25, 0.3) is 0 Å². The summed E-state index contributed by atoms with van der Waals surface area (Å²) in [6, 6.07) is 10.9. The predicted molar refractivity (Wildman–Crippen MR) is 89.8 cm³/mol. The molecule has 128 valence electrons. The van der Waals surface area contributed by atoms with Crippen molar-refractivity contribution in [3.8, 4) is 5.75 Å². The van der Waals surface area contributed by atoms with Gasteiger partial charge in [0.2, 0.25) is 0 Å². The number of carbonyl (C=O) groups is 1. The lowest BCUT2D eigenvalue weighted by Gasteiger charge is -2.39. The molecule has 1 N–H and O–H groups in total. The molecular weight excluding hydrogens is 306 g/mol. The van der Waals surface area contributed by atoms with E-state index in [4.69, 9.17) is 4.74 Å². The van der Waals surface area contributed by atoms with E-state index in [0.29, 0.717) is 5.69 Å². The van der Waals surface area contributed by atoms with Crippen molar-refractivity contribution in [1.82, 2.24) is 14.7 Å². The average molecular weight is 329 g/mol. The zero-order valence-electron chi connectivity index (χ0n) is 14.0. The van der Waals surface area contributed by atoms with Crippen LogP contribution in [-0.4, -0.2) is 51.0 Å². The smallest absolute Gasteiger partial charge is 0.274 e. The SMILES string of the molecule is CN(C(=O)c1ccn(C)n1)[C@@H]1CCC[C@@H](Oc2ccccc2)[C@@H]1O. The Bertz CT molecular complexity index is 686. The molecule has 1 aliphatic carbocycles. The number of ether oxygens (including phenoxy) is 1. The van der Waals surface area contributed by atoms with Crippen LogP contribution in [0.15, 0.2) is 42.6 Å². The zero-order chi connectivity index (χ0) is 17.1. The third-order valence-electron chi connectivity index (χ3n) is 4.54. The Balaban J connectivity index is 1.70. The van der Waals surface area contributed by atoms with Gasteiger partial charge in [0.25, 0.3) is 5.91 Å². The number of aromatic nitrogens is 2. The highest BCUT2D eigenvalue weighted by atomic mass is 16.5. The van der Waals surface area contributed by atoms with Crippen molar-refractivity contribution in [2.24, 2.45) is 7.05 Å². The standard InChI is InChI=1S/C18H23N3O3/c1-20-12-11-14(19-20)18(23)21(2)15-9-6-10-16(17(15)22)24-13-7-4-3-5-8-13/h3-5,7-8,11-12,15-17,22H,6,9-10H2,1-2H3/t15-,16-,17-/m1/s1. The van der Waals surface area contributed by atoms with E-state index in [0.717, 1.165) is 25.0 Å². The third-order valence-corrected chi connectivity index (χ3v) is 4.54. The van der Waals surface area contributed by atoms with Crippen LogP contribution in [0.3, 0.4) is 0 Å². The van der Waals surface area contributed by atoms with Crippen molar-refractivity contribution >= 4 is 5.91 Å². The fourth-order valence-corrected chi connectivity index (χ4v) is 3.20. The Morgan fingerprint density at radius 2 is 2.04 bits per heavy atom. The summed E-state index contributed by atoms with van der Waals surface area (Å²) in [4.78, 5) is 14.2. The molecule has 0 radical (unpaired) electrons. The van der Waals surface area contributed by atoms with Crippen LogP contribution in [-0.2, 0) is 7.05 Å². The summed E-state index contributed by atoms with van der Waals surface area (Å²) in [5.74, 6) is 0.556. The van der Waals surface area contributed by atoms with Gasteiger partial charge in [-0.3, -0.25) is 9.48 Å². The minimum atomic E-state index is -0.725. The molecule has 24 heavy (non-hydrogen) atoms. The Hall–Kier alpha value is -2.34. The van der Waals surface area contributed by atoms with Crippen molar-refractivity contribution in [3.63, 3.8) is 0 Å². The molecule has 6 heteroatoms. The lowest BCUT2D eigenvalue weighted by atomic mass is 9.88. The normalized spacial score (nSPS) is 23.7. The molecule has 1 saturated carbocycles. The van der Waals surface area contributed by atoms with Crippen LogP contribution in [0.2, 0.25) is 0 Å². The van der Waals surface area contributed by atoms with Crippen molar-refractivity contribution in [2.75, 3.05) is 7.05 Å². The maximum absolute atomic E-state index is 12.6. The van der Waals surface area contributed by atoms with Crippen LogP contribution in [0.1, 0.15) is 29.8 Å². The molecule has 0 aliphatic heterocycles. The largest absolute Gasteiger partial charge is 0.488 e. The molecule has 1 amide bonds. The Labute approximate surface area is 141 Å². The quantitative estimate of drug-likeness (QED) is 0.929. The summed E-state index contributed by atoms with van der Waals surface area (Å²) < 4.78 is 7.53. The van der Waals surface area contributed by atoms with Crippen molar-refractivity contribution in [1.29, 1.82) is 0 Å². The summed E-state index contributed by atoms with van der Waals surface area (Å²) in [5.41, 5.74) is 0.387. The molecule has 3 atom stereocenters. The molecular formula is C18H23N3O3. The summed E-state index contributed by atoms with van der Waals surface area (Å²) in [6.45, 7) is 0. The first-order chi connectivity index (χ1) is 11.6. The number of hydrogen-bond donors (Lipinski definition) is 1. The van der Waals surface area contributed by atoms with Gasteiger partial charge in [0.15, 0.2) is 0 Å². The van der Waals surface area contributed by atoms with E-state index in [9.17, 15) is 9.90 Å². The van der Waals surface area contributed by atoms with Gasteiger partial charge in [0.05, 0.1) is 6.04 Å². The molecule has 1 heterocycles. The number of hydrogen-bond acceptors (Lipinski definition) is 4. The summed E-state index contributed by atoms with van der Waals surface area (Å²) in [7, 11) is 3.49. The van der Waals surface area contributed by atoms with Gasteiger partial charge in [-0.25, -0.2) is 0 Å². The van der Waals surface area contributed by atoms with Gasteiger partial charge in [-0.1, -0.05) is 18.2 Å². The maximum atomic E-state index is 12.6. The maximum Gasteiger partial charge on any atom is 0.274 e. The van der Waals surface area contributed by atoms with Crippen LogP contribution < -0.4 is 4.74 Å². The number of para-hydroxylation sites is 1. The number of aliphatic hydroxyl groups is 1. The predicted octanol–water partition coefficient (Wildman–Crippen LogP) is 1.85. The number of amides is 1. The number of benzene rings is 1. The van der Waals surface area contributed by atoms with Crippen LogP contribution in [0.4, 0.5) is 0 Å². The first kappa shape index (κ1) is 16.5. The Morgan fingerprint density at radius 3 is 2.71 bits per heavy atom. The first-order valence-electron chi connectivity index (χ1n) is 8.23. The Kier molecular flexibility index (Phi) is 4.85. The number of nitrogens with zero attached hydrogens (tertiary/aromatic N) is 3. The van der Waals surface area contributed by atoms with E-state index < -0.39 is 6.10 Å². The highest BCUT2D eigenvalue weighted by molar-refractivity contribution is 5.92. The van der Waals surface area contributed by atoms with E-state index in [1.165, 1.54) is 0 Å². The molecule has 6 nitrogen and oxygen atoms in total. The van der Waals surface area contributed by atoms with Crippen LogP contribution in [0.5, 0.6) is 5.75 Å². The molecule has 1 fully saturated rings. The highest BCUT2D eigenvalue weighted by Crippen LogP contribution is 2.27. The molecule has 0 bridgehead atoms.